The van der Waals surface area contributed by atoms with E-state index in [0.29, 0.717) is 5.56 Å². The Morgan fingerprint density at radius 2 is 1.97 bits per heavy atom. The molecule has 1 N–H and O–H groups in total. The van der Waals surface area contributed by atoms with Crippen molar-refractivity contribution in [3.8, 4) is 23.7 Å². The van der Waals surface area contributed by atoms with Gasteiger partial charge in [-0.05, 0) is 24.3 Å². The Balaban J connectivity index is 1.71. The number of nitrogens with zero attached hydrogens (tertiary/aromatic N) is 3. The quantitative estimate of drug-likeness (QED) is 0.600. The number of ether oxygens (including phenoxy) is 1. The standard InChI is InChI=1S/C22H23F3N4O4/c1-4-11-32-21(31)26-17(13(2)3)19(30)29(16-9-10-16)12-14-5-7-15(8-6-14)18-27-20(33-28-18)22(23,24)25/h1,5-8,13,16-17H,9-12H2,2-3H3,(H,26,31). The number of alkyl halides is 3. The highest BCUT2D eigenvalue weighted by Crippen LogP contribution is 2.31. The fraction of sp³-hybridized carbons (Fsp3) is 0.455. The Morgan fingerprint density at radius 3 is 2.48 bits per heavy atom. The van der Waals surface area contributed by atoms with Crippen molar-refractivity contribution in [2.45, 2.75) is 51.5 Å². The summed E-state index contributed by atoms with van der Waals surface area (Å²) in [7, 11) is 0. The van der Waals surface area contributed by atoms with Gasteiger partial charge in [0.25, 0.3) is 0 Å². The molecule has 1 atom stereocenters. The van der Waals surface area contributed by atoms with Gasteiger partial charge < -0.3 is 19.5 Å². The molecule has 2 amide bonds. The molecule has 11 heteroatoms. The van der Waals surface area contributed by atoms with Crippen molar-refractivity contribution in [1.82, 2.24) is 20.4 Å². The van der Waals surface area contributed by atoms with E-state index < -0.39 is 24.2 Å². The van der Waals surface area contributed by atoms with Gasteiger partial charge in [0.2, 0.25) is 11.7 Å². The summed E-state index contributed by atoms with van der Waals surface area (Å²) in [5, 5.41) is 5.94. The van der Waals surface area contributed by atoms with Gasteiger partial charge in [-0.25, -0.2) is 4.79 Å². The number of rotatable bonds is 8. The summed E-state index contributed by atoms with van der Waals surface area (Å²) in [6.07, 6.45) is 1.29. The van der Waals surface area contributed by atoms with Crippen LogP contribution in [-0.4, -0.2) is 45.7 Å². The minimum atomic E-state index is -4.72. The summed E-state index contributed by atoms with van der Waals surface area (Å²) in [4.78, 5) is 30.2. The number of hydrogen-bond acceptors (Lipinski definition) is 6. The smallest absolute Gasteiger partial charge is 0.436 e. The van der Waals surface area contributed by atoms with E-state index in [1.54, 1.807) is 29.2 Å². The monoisotopic (exact) mass is 464 g/mol. The Kier molecular flexibility index (Phi) is 7.26. The Labute approximate surface area is 188 Å². The largest absolute Gasteiger partial charge is 0.471 e. The molecule has 0 spiro atoms. The predicted octanol–water partition coefficient (Wildman–Crippen LogP) is 3.63. The van der Waals surface area contributed by atoms with E-state index >= 15 is 0 Å². The van der Waals surface area contributed by atoms with Crippen LogP contribution in [0.1, 0.15) is 38.1 Å². The number of benzene rings is 1. The first-order valence-corrected chi connectivity index (χ1v) is 10.3. The van der Waals surface area contributed by atoms with E-state index in [1.165, 1.54) is 0 Å². The van der Waals surface area contributed by atoms with E-state index in [9.17, 15) is 22.8 Å². The third-order valence-corrected chi connectivity index (χ3v) is 5.00. The maximum atomic E-state index is 13.2. The topological polar surface area (TPSA) is 97.6 Å². The molecule has 1 aliphatic carbocycles. The normalized spacial score (nSPS) is 14.5. The molecule has 1 aliphatic rings. The van der Waals surface area contributed by atoms with Crippen LogP contribution in [0.2, 0.25) is 0 Å². The van der Waals surface area contributed by atoms with E-state index in [1.807, 2.05) is 13.8 Å². The number of carbonyl (C=O) groups excluding carboxylic acids is 2. The van der Waals surface area contributed by atoms with E-state index in [4.69, 9.17) is 11.2 Å². The van der Waals surface area contributed by atoms with Gasteiger partial charge in [-0.1, -0.05) is 49.2 Å². The lowest BCUT2D eigenvalue weighted by Gasteiger charge is -2.29. The van der Waals surface area contributed by atoms with Crippen LogP contribution in [-0.2, 0) is 22.3 Å². The van der Waals surface area contributed by atoms with Crippen molar-refractivity contribution in [3.63, 3.8) is 0 Å². The van der Waals surface area contributed by atoms with Crippen molar-refractivity contribution >= 4 is 12.0 Å². The number of terminal acetylenes is 1. The van der Waals surface area contributed by atoms with Gasteiger partial charge >= 0.3 is 18.2 Å². The van der Waals surface area contributed by atoms with Crippen LogP contribution < -0.4 is 5.32 Å². The molecule has 33 heavy (non-hydrogen) atoms. The van der Waals surface area contributed by atoms with Gasteiger partial charge in [-0.2, -0.15) is 18.2 Å². The molecular formula is C22H23F3N4O4. The first-order valence-electron chi connectivity index (χ1n) is 10.3. The van der Waals surface area contributed by atoms with Crippen molar-refractivity contribution in [1.29, 1.82) is 0 Å². The lowest BCUT2D eigenvalue weighted by atomic mass is 10.0. The highest BCUT2D eigenvalue weighted by atomic mass is 19.4. The van der Waals surface area contributed by atoms with Gasteiger partial charge in [0.15, 0.2) is 6.61 Å². The molecule has 1 fully saturated rings. The minimum Gasteiger partial charge on any atom is -0.436 e. The molecular weight excluding hydrogens is 441 g/mol. The lowest BCUT2D eigenvalue weighted by molar-refractivity contribution is -0.159. The summed E-state index contributed by atoms with van der Waals surface area (Å²) in [5.41, 5.74) is 1.11. The molecule has 0 aliphatic heterocycles. The average Bonchev–Trinajstić information content (AvgIpc) is 3.47. The number of alkyl carbamates (subject to hydrolysis) is 1. The summed E-state index contributed by atoms with van der Waals surface area (Å²) in [5.74, 6) is 0.150. The third kappa shape index (κ3) is 6.25. The van der Waals surface area contributed by atoms with Crippen molar-refractivity contribution in [3.05, 3.63) is 35.7 Å². The molecule has 1 aromatic carbocycles. The molecule has 0 radical (unpaired) electrons. The molecule has 1 unspecified atom stereocenters. The second-order valence-electron chi connectivity index (χ2n) is 7.96. The van der Waals surface area contributed by atoms with Gasteiger partial charge in [0, 0.05) is 18.2 Å². The summed E-state index contributed by atoms with van der Waals surface area (Å²) >= 11 is 0. The highest BCUT2D eigenvalue weighted by Gasteiger charge is 2.39. The fourth-order valence-electron chi connectivity index (χ4n) is 3.15. The van der Waals surface area contributed by atoms with Crippen LogP contribution in [0, 0.1) is 18.3 Å². The van der Waals surface area contributed by atoms with Crippen molar-refractivity contribution < 1.29 is 32.0 Å². The van der Waals surface area contributed by atoms with Crippen LogP contribution in [0.15, 0.2) is 28.8 Å². The van der Waals surface area contributed by atoms with Crippen LogP contribution >= 0.6 is 0 Å². The maximum Gasteiger partial charge on any atom is 0.471 e. The van der Waals surface area contributed by atoms with Crippen LogP contribution in [0.5, 0.6) is 0 Å². The summed E-state index contributed by atoms with van der Waals surface area (Å²) < 4.78 is 47.1. The average molecular weight is 464 g/mol. The molecule has 0 bridgehead atoms. The Bertz CT molecular complexity index is 1020. The van der Waals surface area contributed by atoms with Crippen molar-refractivity contribution in [2.24, 2.45) is 5.92 Å². The number of carbonyl (C=O) groups is 2. The second-order valence-corrected chi connectivity index (χ2v) is 7.96. The Morgan fingerprint density at radius 1 is 1.30 bits per heavy atom. The fourth-order valence-corrected chi connectivity index (χ4v) is 3.15. The molecule has 176 valence electrons. The molecule has 1 aromatic heterocycles. The van der Waals surface area contributed by atoms with E-state index in [-0.39, 0.29) is 36.8 Å². The number of amides is 2. The lowest BCUT2D eigenvalue weighted by Crippen LogP contribution is -2.51. The highest BCUT2D eigenvalue weighted by molar-refractivity contribution is 5.86. The van der Waals surface area contributed by atoms with Gasteiger partial charge in [0.1, 0.15) is 6.04 Å². The van der Waals surface area contributed by atoms with Gasteiger partial charge in [-0.3, -0.25) is 4.79 Å². The van der Waals surface area contributed by atoms with Crippen LogP contribution in [0.4, 0.5) is 18.0 Å². The summed E-state index contributed by atoms with van der Waals surface area (Å²) in [6.45, 7) is 3.69. The molecule has 3 rings (SSSR count). The van der Waals surface area contributed by atoms with Crippen LogP contribution in [0.3, 0.4) is 0 Å². The SMILES string of the molecule is C#CCOC(=O)NC(C(=O)N(Cc1ccc(-c2noc(C(F)(F)F)n2)cc1)C1CC1)C(C)C. The Hall–Kier alpha value is -3.55. The van der Waals surface area contributed by atoms with E-state index in [0.717, 1.165) is 18.4 Å². The maximum absolute atomic E-state index is 13.2. The van der Waals surface area contributed by atoms with Crippen LogP contribution in [0.25, 0.3) is 11.4 Å². The number of nitrogens with one attached hydrogen (secondary N) is 1. The van der Waals surface area contributed by atoms with Gasteiger partial charge in [-0.15, -0.1) is 6.42 Å². The second kappa shape index (κ2) is 9.94. The van der Waals surface area contributed by atoms with E-state index in [2.05, 4.69) is 25.9 Å². The molecule has 1 heterocycles. The predicted molar refractivity (Wildman–Crippen MR) is 110 cm³/mol. The first kappa shape index (κ1) is 24.1. The summed E-state index contributed by atoms with van der Waals surface area (Å²) in [6, 6.07) is 5.74. The molecule has 1 saturated carbocycles. The number of aromatic nitrogens is 2. The third-order valence-electron chi connectivity index (χ3n) is 5.00. The van der Waals surface area contributed by atoms with Crippen molar-refractivity contribution in [2.75, 3.05) is 6.61 Å². The first-order chi connectivity index (χ1) is 15.6. The minimum absolute atomic E-state index is 0.0495. The zero-order valence-corrected chi connectivity index (χ0v) is 18.1. The zero-order valence-electron chi connectivity index (χ0n) is 18.1. The number of hydrogen-bond donors (Lipinski definition) is 1. The number of halogens is 3. The van der Waals surface area contributed by atoms with Gasteiger partial charge in [0.05, 0.1) is 0 Å². The molecule has 8 nitrogen and oxygen atoms in total. The zero-order chi connectivity index (χ0) is 24.2. The molecule has 0 saturated heterocycles. The molecule has 2 aromatic rings.